The van der Waals surface area contributed by atoms with E-state index in [1.165, 1.54) is 6.42 Å². The van der Waals surface area contributed by atoms with Crippen molar-refractivity contribution in [1.82, 2.24) is 5.32 Å². The minimum Gasteiger partial charge on any atom is -0.394 e. The van der Waals surface area contributed by atoms with E-state index in [2.05, 4.69) is 26.1 Å². The zero-order chi connectivity index (χ0) is 14.1. The molecule has 1 rings (SSSR count). The Balaban J connectivity index is 2.16. The number of hydrogen-bond donors (Lipinski definition) is 2. The Labute approximate surface area is 117 Å². The predicted molar refractivity (Wildman–Crippen MR) is 77.4 cm³/mol. The van der Waals surface area contributed by atoms with Crippen molar-refractivity contribution in [2.45, 2.75) is 70.6 Å². The standard InChI is InChI=1S/C15H31NO3/c1-4-5-8-18-9-10-19-14-6-7-15(11-14,12-17)16-13(2)3/h13-14,16-17H,4-12H2,1-3H3. The topological polar surface area (TPSA) is 50.7 Å². The molecule has 0 aromatic rings. The van der Waals surface area contributed by atoms with Gasteiger partial charge in [0.05, 0.1) is 25.9 Å². The van der Waals surface area contributed by atoms with E-state index in [1.807, 2.05) is 0 Å². The fourth-order valence-corrected chi connectivity index (χ4v) is 2.77. The van der Waals surface area contributed by atoms with Gasteiger partial charge in [0.15, 0.2) is 0 Å². The maximum Gasteiger partial charge on any atom is 0.0704 e. The summed E-state index contributed by atoms with van der Waals surface area (Å²) in [5, 5.41) is 13.1. The maximum absolute atomic E-state index is 9.61. The lowest BCUT2D eigenvalue weighted by Crippen LogP contribution is -2.50. The molecule has 0 amide bonds. The third-order valence-electron chi connectivity index (χ3n) is 3.68. The van der Waals surface area contributed by atoms with Crippen molar-refractivity contribution in [1.29, 1.82) is 0 Å². The van der Waals surface area contributed by atoms with Crippen LogP contribution >= 0.6 is 0 Å². The van der Waals surface area contributed by atoms with Gasteiger partial charge in [-0.25, -0.2) is 0 Å². The van der Waals surface area contributed by atoms with Crippen LogP contribution in [0.1, 0.15) is 52.9 Å². The molecule has 0 radical (unpaired) electrons. The van der Waals surface area contributed by atoms with Crippen molar-refractivity contribution in [3.63, 3.8) is 0 Å². The van der Waals surface area contributed by atoms with Gasteiger partial charge in [-0.15, -0.1) is 0 Å². The summed E-state index contributed by atoms with van der Waals surface area (Å²) >= 11 is 0. The van der Waals surface area contributed by atoms with E-state index < -0.39 is 0 Å². The number of nitrogens with one attached hydrogen (secondary N) is 1. The molecule has 0 saturated heterocycles. The summed E-state index contributed by atoms with van der Waals surface area (Å²) in [5.41, 5.74) is -0.137. The van der Waals surface area contributed by atoms with Crippen LogP contribution in [0.4, 0.5) is 0 Å². The van der Waals surface area contributed by atoms with Crippen LogP contribution in [0.15, 0.2) is 0 Å². The highest BCUT2D eigenvalue weighted by Crippen LogP contribution is 2.32. The third kappa shape index (κ3) is 6.21. The minimum absolute atomic E-state index is 0.137. The molecule has 1 aliphatic rings. The molecule has 0 heterocycles. The van der Waals surface area contributed by atoms with Gasteiger partial charge in [-0.1, -0.05) is 27.2 Å². The summed E-state index contributed by atoms with van der Waals surface area (Å²) in [7, 11) is 0. The number of rotatable bonds is 10. The van der Waals surface area contributed by atoms with Crippen LogP contribution in [0, 0.1) is 0 Å². The van der Waals surface area contributed by atoms with Crippen LogP contribution in [0.2, 0.25) is 0 Å². The fourth-order valence-electron chi connectivity index (χ4n) is 2.77. The van der Waals surface area contributed by atoms with Crippen molar-refractivity contribution in [3.05, 3.63) is 0 Å². The van der Waals surface area contributed by atoms with E-state index >= 15 is 0 Å². The van der Waals surface area contributed by atoms with E-state index in [9.17, 15) is 5.11 Å². The Hall–Kier alpha value is -0.160. The molecular formula is C15H31NO3. The average molecular weight is 273 g/mol. The number of aliphatic hydroxyl groups is 1. The molecule has 4 heteroatoms. The molecule has 0 aliphatic heterocycles. The highest BCUT2D eigenvalue weighted by molar-refractivity contribution is 4.97. The molecule has 114 valence electrons. The van der Waals surface area contributed by atoms with E-state index in [0.717, 1.165) is 32.3 Å². The van der Waals surface area contributed by atoms with E-state index in [1.54, 1.807) is 0 Å². The average Bonchev–Trinajstić information content (AvgIpc) is 2.77. The Morgan fingerprint density at radius 3 is 2.74 bits per heavy atom. The van der Waals surface area contributed by atoms with Crippen molar-refractivity contribution in [2.24, 2.45) is 0 Å². The van der Waals surface area contributed by atoms with Gasteiger partial charge in [-0.05, 0) is 25.7 Å². The molecule has 0 aromatic carbocycles. The van der Waals surface area contributed by atoms with Gasteiger partial charge in [0, 0.05) is 18.2 Å². The summed E-state index contributed by atoms with van der Waals surface area (Å²) in [6.07, 6.45) is 5.46. The van der Waals surface area contributed by atoms with Crippen molar-refractivity contribution in [2.75, 3.05) is 26.4 Å². The van der Waals surface area contributed by atoms with Gasteiger partial charge in [0.25, 0.3) is 0 Å². The second-order valence-electron chi connectivity index (χ2n) is 5.94. The number of unbranched alkanes of at least 4 members (excludes halogenated alkanes) is 1. The van der Waals surface area contributed by atoms with Gasteiger partial charge < -0.3 is 19.9 Å². The molecule has 19 heavy (non-hydrogen) atoms. The molecule has 1 saturated carbocycles. The van der Waals surface area contributed by atoms with Crippen LogP contribution in [-0.4, -0.2) is 49.2 Å². The van der Waals surface area contributed by atoms with E-state index in [4.69, 9.17) is 9.47 Å². The van der Waals surface area contributed by atoms with Gasteiger partial charge in [0.2, 0.25) is 0 Å². The lowest BCUT2D eigenvalue weighted by Gasteiger charge is -2.31. The van der Waals surface area contributed by atoms with Gasteiger partial charge in [-0.2, -0.15) is 0 Å². The number of aliphatic hydroxyl groups excluding tert-OH is 1. The first-order valence-electron chi connectivity index (χ1n) is 7.70. The normalized spacial score (nSPS) is 27.3. The molecule has 0 bridgehead atoms. The SMILES string of the molecule is CCCCOCCOC1CCC(CO)(NC(C)C)C1. The summed E-state index contributed by atoms with van der Waals surface area (Å²) in [6.45, 7) is 8.77. The molecule has 0 spiro atoms. The Kier molecular flexibility index (Phi) is 7.91. The third-order valence-corrected chi connectivity index (χ3v) is 3.68. The quantitative estimate of drug-likeness (QED) is 0.599. The highest BCUT2D eigenvalue weighted by Gasteiger charge is 2.39. The monoisotopic (exact) mass is 273 g/mol. The number of ether oxygens (including phenoxy) is 2. The lowest BCUT2D eigenvalue weighted by atomic mass is 9.97. The van der Waals surface area contributed by atoms with Crippen molar-refractivity contribution in [3.8, 4) is 0 Å². The van der Waals surface area contributed by atoms with Crippen LogP contribution in [0.5, 0.6) is 0 Å². The summed E-state index contributed by atoms with van der Waals surface area (Å²) in [4.78, 5) is 0. The molecule has 2 atom stereocenters. The lowest BCUT2D eigenvalue weighted by molar-refractivity contribution is 0.00180. The first kappa shape index (κ1) is 16.9. The summed E-state index contributed by atoms with van der Waals surface area (Å²) < 4.78 is 11.3. The maximum atomic E-state index is 9.61. The second kappa shape index (κ2) is 8.90. The van der Waals surface area contributed by atoms with Crippen LogP contribution < -0.4 is 5.32 Å². The van der Waals surface area contributed by atoms with Crippen molar-refractivity contribution < 1.29 is 14.6 Å². The first-order valence-corrected chi connectivity index (χ1v) is 7.70. The molecule has 1 fully saturated rings. The fraction of sp³-hybridized carbons (Fsp3) is 1.00. The van der Waals surface area contributed by atoms with Gasteiger partial charge in [-0.3, -0.25) is 0 Å². The van der Waals surface area contributed by atoms with Crippen LogP contribution in [0.3, 0.4) is 0 Å². The first-order chi connectivity index (χ1) is 9.12. The van der Waals surface area contributed by atoms with Gasteiger partial charge >= 0.3 is 0 Å². The van der Waals surface area contributed by atoms with Crippen LogP contribution in [-0.2, 0) is 9.47 Å². The van der Waals surface area contributed by atoms with Crippen LogP contribution in [0.25, 0.3) is 0 Å². The Morgan fingerprint density at radius 1 is 1.32 bits per heavy atom. The predicted octanol–water partition coefficient (Wildman–Crippen LogP) is 2.10. The summed E-state index contributed by atoms with van der Waals surface area (Å²) in [5.74, 6) is 0. The zero-order valence-corrected chi connectivity index (χ0v) is 12.8. The molecular weight excluding hydrogens is 242 g/mol. The molecule has 0 aromatic heterocycles. The second-order valence-corrected chi connectivity index (χ2v) is 5.94. The number of hydrogen-bond acceptors (Lipinski definition) is 4. The molecule has 2 unspecified atom stereocenters. The van der Waals surface area contributed by atoms with E-state index in [-0.39, 0.29) is 18.2 Å². The Bertz CT molecular complexity index is 235. The molecule has 2 N–H and O–H groups in total. The van der Waals surface area contributed by atoms with E-state index in [0.29, 0.717) is 19.3 Å². The Morgan fingerprint density at radius 2 is 2.11 bits per heavy atom. The largest absolute Gasteiger partial charge is 0.394 e. The smallest absolute Gasteiger partial charge is 0.0704 e. The molecule has 1 aliphatic carbocycles. The van der Waals surface area contributed by atoms with Crippen molar-refractivity contribution >= 4 is 0 Å². The molecule has 4 nitrogen and oxygen atoms in total. The minimum atomic E-state index is -0.137. The highest BCUT2D eigenvalue weighted by atomic mass is 16.5. The summed E-state index contributed by atoms with van der Waals surface area (Å²) in [6, 6.07) is 0.392. The van der Waals surface area contributed by atoms with Gasteiger partial charge in [0.1, 0.15) is 0 Å². The zero-order valence-electron chi connectivity index (χ0n) is 12.8.